The molecule has 2 atom stereocenters. The molecule has 0 bridgehead atoms. The smallest absolute Gasteiger partial charge is 0.0136 e. The van der Waals surface area contributed by atoms with Gasteiger partial charge in [-0.2, -0.15) is 0 Å². The summed E-state index contributed by atoms with van der Waals surface area (Å²) >= 11 is 2.56. The molecule has 1 nitrogen and oxygen atoms in total. The molecule has 0 radical (unpaired) electrons. The first-order chi connectivity index (χ1) is 5.81. The van der Waals surface area contributed by atoms with Crippen LogP contribution in [-0.4, -0.2) is 9.46 Å². The molecule has 13 heavy (non-hydrogen) atoms. The summed E-state index contributed by atoms with van der Waals surface area (Å²) in [5, 5.41) is 0. The van der Waals surface area contributed by atoms with Crippen LogP contribution in [0.2, 0.25) is 0 Å². The van der Waals surface area contributed by atoms with Crippen LogP contribution in [0.1, 0.15) is 52.9 Å². The van der Waals surface area contributed by atoms with Crippen molar-refractivity contribution in [3.63, 3.8) is 0 Å². The summed E-state index contributed by atoms with van der Waals surface area (Å²) in [6, 6.07) is 0. The van der Waals surface area contributed by atoms with Crippen LogP contribution >= 0.6 is 22.6 Å². The van der Waals surface area contributed by atoms with E-state index >= 15 is 0 Å². The van der Waals surface area contributed by atoms with Gasteiger partial charge in [0.1, 0.15) is 0 Å². The highest BCUT2D eigenvalue weighted by Crippen LogP contribution is 2.37. The van der Waals surface area contributed by atoms with Crippen molar-refractivity contribution in [1.82, 2.24) is 0 Å². The van der Waals surface area contributed by atoms with Crippen molar-refractivity contribution in [3.8, 4) is 0 Å². The average Bonchev–Trinajstić information content (AvgIpc) is 1.96. The van der Waals surface area contributed by atoms with E-state index in [1.807, 2.05) is 0 Å². The van der Waals surface area contributed by atoms with E-state index < -0.39 is 0 Å². The second-order valence-electron chi connectivity index (χ2n) is 5.66. The van der Waals surface area contributed by atoms with Crippen molar-refractivity contribution < 1.29 is 0 Å². The summed E-state index contributed by atoms with van der Waals surface area (Å²) in [6.07, 6.45) is 6.34. The van der Waals surface area contributed by atoms with Crippen molar-refractivity contribution in [1.29, 1.82) is 0 Å². The van der Waals surface area contributed by atoms with Gasteiger partial charge in [-0.3, -0.25) is 0 Å². The normalized spacial score (nSPS) is 40.8. The number of hydrogen-bond donors (Lipinski definition) is 1. The van der Waals surface area contributed by atoms with Gasteiger partial charge in [0, 0.05) is 9.46 Å². The lowest BCUT2D eigenvalue weighted by Crippen LogP contribution is -2.41. The molecule has 1 aliphatic rings. The first-order valence-corrected chi connectivity index (χ1v) is 6.48. The predicted molar refractivity (Wildman–Crippen MR) is 67.3 cm³/mol. The zero-order valence-corrected chi connectivity index (χ0v) is 11.2. The lowest BCUT2D eigenvalue weighted by Gasteiger charge is -2.36. The Hall–Kier alpha value is 0.690. The summed E-state index contributed by atoms with van der Waals surface area (Å²) in [4.78, 5) is 0. The fourth-order valence-electron chi connectivity index (χ4n) is 2.01. The molecule has 78 valence electrons. The van der Waals surface area contributed by atoms with E-state index in [1.54, 1.807) is 0 Å². The van der Waals surface area contributed by atoms with Gasteiger partial charge in [-0.1, -0.05) is 36.4 Å². The van der Waals surface area contributed by atoms with Gasteiger partial charge in [0.2, 0.25) is 0 Å². The van der Waals surface area contributed by atoms with E-state index in [0.29, 0.717) is 5.41 Å². The molecular formula is C11H22IN. The summed E-state index contributed by atoms with van der Waals surface area (Å²) in [5.41, 5.74) is 6.83. The Balaban J connectivity index is 2.61. The Kier molecular flexibility index (Phi) is 3.67. The topological polar surface area (TPSA) is 26.0 Å². The first-order valence-electron chi connectivity index (χ1n) is 5.24. The van der Waals surface area contributed by atoms with Gasteiger partial charge >= 0.3 is 0 Å². The summed E-state index contributed by atoms with van der Waals surface area (Å²) < 4.78 is 0.771. The SMILES string of the molecule is CC1(C)CCC(I)CC(C)(N)CC1. The minimum atomic E-state index is 0.0730. The Morgan fingerprint density at radius 1 is 1.15 bits per heavy atom. The third-order valence-corrected chi connectivity index (χ3v) is 4.26. The van der Waals surface area contributed by atoms with Crippen molar-refractivity contribution in [2.24, 2.45) is 11.1 Å². The molecule has 1 fully saturated rings. The van der Waals surface area contributed by atoms with Gasteiger partial charge in [-0.05, 0) is 44.4 Å². The maximum Gasteiger partial charge on any atom is 0.0136 e. The highest BCUT2D eigenvalue weighted by molar-refractivity contribution is 14.1. The molecule has 1 saturated carbocycles. The molecule has 0 heterocycles. The Morgan fingerprint density at radius 3 is 2.38 bits per heavy atom. The Bertz CT molecular complexity index is 175. The summed E-state index contributed by atoms with van der Waals surface area (Å²) in [7, 11) is 0. The Labute approximate surface area is 96.0 Å². The standard InChI is InChI=1S/C11H22IN/c1-10(2)5-4-9(12)8-11(3,13)7-6-10/h9H,4-8,13H2,1-3H3. The van der Waals surface area contributed by atoms with Crippen LogP contribution in [0.3, 0.4) is 0 Å². The third-order valence-electron chi connectivity index (χ3n) is 3.20. The van der Waals surface area contributed by atoms with Crippen molar-refractivity contribution >= 4 is 22.6 Å². The molecule has 0 amide bonds. The van der Waals surface area contributed by atoms with Crippen molar-refractivity contribution in [3.05, 3.63) is 0 Å². The van der Waals surface area contributed by atoms with Gasteiger partial charge in [-0.25, -0.2) is 0 Å². The summed E-state index contributed by atoms with van der Waals surface area (Å²) in [5.74, 6) is 0. The van der Waals surface area contributed by atoms with Gasteiger partial charge in [0.15, 0.2) is 0 Å². The van der Waals surface area contributed by atoms with Crippen molar-refractivity contribution in [2.75, 3.05) is 0 Å². The minimum Gasteiger partial charge on any atom is -0.325 e. The molecular weight excluding hydrogens is 273 g/mol. The monoisotopic (exact) mass is 295 g/mol. The maximum atomic E-state index is 6.25. The lowest BCUT2D eigenvalue weighted by atomic mass is 9.75. The Morgan fingerprint density at radius 2 is 1.77 bits per heavy atom. The second kappa shape index (κ2) is 4.05. The fraction of sp³-hybridized carbons (Fsp3) is 1.00. The zero-order valence-electron chi connectivity index (χ0n) is 9.07. The van der Waals surface area contributed by atoms with Crippen LogP contribution in [0, 0.1) is 5.41 Å². The van der Waals surface area contributed by atoms with Crippen LogP contribution in [0.25, 0.3) is 0 Å². The van der Waals surface area contributed by atoms with E-state index in [0.717, 1.165) is 3.92 Å². The molecule has 0 aromatic heterocycles. The average molecular weight is 295 g/mol. The number of nitrogens with two attached hydrogens (primary N) is 1. The van der Waals surface area contributed by atoms with Crippen LogP contribution in [0.4, 0.5) is 0 Å². The number of rotatable bonds is 0. The van der Waals surface area contributed by atoms with E-state index in [1.165, 1.54) is 32.1 Å². The van der Waals surface area contributed by atoms with E-state index in [2.05, 4.69) is 43.4 Å². The third kappa shape index (κ3) is 4.15. The molecule has 0 aliphatic heterocycles. The van der Waals surface area contributed by atoms with Crippen molar-refractivity contribution in [2.45, 2.75) is 62.3 Å². The van der Waals surface area contributed by atoms with Crippen LogP contribution in [0.5, 0.6) is 0 Å². The van der Waals surface area contributed by atoms with Crippen LogP contribution < -0.4 is 5.73 Å². The van der Waals surface area contributed by atoms with Gasteiger partial charge < -0.3 is 5.73 Å². The molecule has 2 unspecified atom stereocenters. The van der Waals surface area contributed by atoms with Gasteiger partial charge in [-0.15, -0.1) is 0 Å². The molecule has 0 aromatic rings. The maximum absolute atomic E-state index is 6.25. The quantitative estimate of drug-likeness (QED) is 0.537. The molecule has 1 rings (SSSR count). The van der Waals surface area contributed by atoms with E-state index in [-0.39, 0.29) is 5.54 Å². The highest BCUT2D eigenvalue weighted by Gasteiger charge is 2.30. The minimum absolute atomic E-state index is 0.0730. The molecule has 1 aliphatic carbocycles. The second-order valence-corrected chi connectivity index (χ2v) is 7.42. The van der Waals surface area contributed by atoms with E-state index in [9.17, 15) is 0 Å². The summed E-state index contributed by atoms with van der Waals surface area (Å²) in [6.45, 7) is 6.95. The van der Waals surface area contributed by atoms with Crippen LogP contribution in [0.15, 0.2) is 0 Å². The molecule has 0 spiro atoms. The number of halogens is 1. The molecule has 0 saturated heterocycles. The molecule has 2 N–H and O–H groups in total. The number of alkyl halides is 1. The van der Waals surface area contributed by atoms with Crippen LogP contribution in [-0.2, 0) is 0 Å². The number of hydrogen-bond acceptors (Lipinski definition) is 1. The lowest BCUT2D eigenvalue weighted by molar-refractivity contribution is 0.225. The van der Waals surface area contributed by atoms with E-state index in [4.69, 9.17) is 5.73 Å². The molecule has 0 aromatic carbocycles. The largest absolute Gasteiger partial charge is 0.325 e. The fourth-order valence-corrected chi connectivity index (χ4v) is 3.32. The first kappa shape index (κ1) is 11.8. The van der Waals surface area contributed by atoms with Gasteiger partial charge in [0.05, 0.1) is 0 Å². The predicted octanol–water partition coefficient (Wildman–Crippen LogP) is 3.50. The zero-order chi connectivity index (χ0) is 10.1. The van der Waals surface area contributed by atoms with Gasteiger partial charge in [0.25, 0.3) is 0 Å². The highest BCUT2D eigenvalue weighted by atomic mass is 127. The molecule has 2 heteroatoms.